The van der Waals surface area contributed by atoms with Crippen molar-refractivity contribution in [1.29, 1.82) is 0 Å². The number of nitro groups is 1. The van der Waals surface area contributed by atoms with Gasteiger partial charge in [0.15, 0.2) is 0 Å². The molecule has 0 amide bonds. The summed E-state index contributed by atoms with van der Waals surface area (Å²) < 4.78 is 77.9. The molecule has 0 radical (unpaired) electrons. The highest BCUT2D eigenvalue weighted by molar-refractivity contribution is 6.33. The second-order valence-electron chi connectivity index (χ2n) is 4.44. The summed E-state index contributed by atoms with van der Waals surface area (Å²) in [6.45, 7) is 0. The zero-order valence-corrected chi connectivity index (χ0v) is 11.6. The van der Waals surface area contributed by atoms with E-state index in [-0.39, 0.29) is 6.07 Å². The van der Waals surface area contributed by atoms with E-state index in [0.29, 0.717) is 0 Å². The molecule has 1 heterocycles. The molecule has 2 rings (SSSR count). The van der Waals surface area contributed by atoms with Crippen LogP contribution in [0, 0.1) is 10.1 Å². The summed E-state index contributed by atoms with van der Waals surface area (Å²) in [4.78, 5) is 22.2. The molecule has 0 aliphatic rings. The van der Waals surface area contributed by atoms with Crippen LogP contribution in [0.3, 0.4) is 0 Å². The number of pyridine rings is 1. The number of aromatic amines is 1. The minimum absolute atomic E-state index is 0.0533. The molecule has 1 aromatic carbocycles. The zero-order chi connectivity index (χ0) is 18.6. The van der Waals surface area contributed by atoms with Gasteiger partial charge in [-0.2, -0.15) is 26.3 Å². The Morgan fingerprint density at radius 3 is 2.12 bits per heavy atom. The number of fused-ring (bicyclic) bond motifs is 1. The number of alkyl halides is 6. The van der Waals surface area contributed by atoms with Crippen LogP contribution in [0.5, 0.6) is 5.75 Å². The van der Waals surface area contributed by atoms with E-state index in [0.717, 1.165) is 0 Å². The number of halogens is 7. The molecule has 0 bridgehead atoms. The number of hydrogen-bond donors (Lipinski definition) is 2. The maximum Gasteiger partial charge on any atom is 0.418 e. The largest absolute Gasteiger partial charge is 0.501 e. The average molecular weight is 377 g/mol. The van der Waals surface area contributed by atoms with E-state index < -0.39 is 61.3 Å². The summed E-state index contributed by atoms with van der Waals surface area (Å²) in [5, 5.41) is 17.1. The van der Waals surface area contributed by atoms with Gasteiger partial charge in [-0.05, 0) is 6.07 Å². The third-order valence-electron chi connectivity index (χ3n) is 2.96. The predicted octanol–water partition coefficient (Wildman–Crippen LogP) is 3.83. The molecule has 1 aromatic heterocycles. The number of hydrogen-bond acceptors (Lipinski definition) is 4. The SMILES string of the molecule is O=c1[nH]c2cc(C(F)(F)F)c(Cl)c(C(F)(F)F)c2c(O)c1[N+](=O)[O-]. The third-order valence-corrected chi connectivity index (χ3v) is 3.35. The van der Waals surface area contributed by atoms with Crippen LogP contribution in [0.1, 0.15) is 11.1 Å². The molecule has 0 aliphatic carbocycles. The molecule has 0 saturated heterocycles. The van der Waals surface area contributed by atoms with Crippen molar-refractivity contribution < 1.29 is 36.4 Å². The third kappa shape index (κ3) is 2.72. The lowest BCUT2D eigenvalue weighted by Crippen LogP contribution is -2.17. The van der Waals surface area contributed by atoms with Crippen molar-refractivity contribution in [1.82, 2.24) is 4.98 Å². The van der Waals surface area contributed by atoms with Crippen LogP contribution in [0.15, 0.2) is 10.9 Å². The molecule has 0 saturated carbocycles. The van der Waals surface area contributed by atoms with Crippen LogP contribution in [0.4, 0.5) is 32.0 Å². The van der Waals surface area contributed by atoms with Gasteiger partial charge in [0.2, 0.25) is 5.75 Å². The van der Waals surface area contributed by atoms with E-state index >= 15 is 0 Å². The standard InChI is InChI=1S/C11H3ClF6N2O4/c12-6-2(10(13,14)15)1-3-4(5(6)11(16,17)18)8(21)7(20(23)24)9(22)19-3/h1H,(H2,19,21,22). The topological polar surface area (TPSA) is 96.2 Å². The fourth-order valence-electron chi connectivity index (χ4n) is 2.05. The quantitative estimate of drug-likeness (QED) is 0.449. The summed E-state index contributed by atoms with van der Waals surface area (Å²) in [5.74, 6) is -1.73. The molecular weight excluding hydrogens is 374 g/mol. The Bertz CT molecular complexity index is 918. The highest BCUT2D eigenvalue weighted by atomic mass is 35.5. The fourth-order valence-corrected chi connectivity index (χ4v) is 2.42. The Morgan fingerprint density at radius 1 is 1.17 bits per heavy atom. The molecule has 0 atom stereocenters. The monoisotopic (exact) mass is 376 g/mol. The molecule has 2 N–H and O–H groups in total. The Labute approximate surface area is 131 Å². The van der Waals surface area contributed by atoms with Crippen LogP contribution in [0.2, 0.25) is 5.02 Å². The van der Waals surface area contributed by atoms with Crippen molar-refractivity contribution in [3.63, 3.8) is 0 Å². The average Bonchev–Trinajstić information content (AvgIpc) is 2.35. The van der Waals surface area contributed by atoms with E-state index in [2.05, 4.69) is 0 Å². The number of nitrogens with one attached hydrogen (secondary N) is 1. The molecule has 2 aromatic rings. The van der Waals surface area contributed by atoms with Gasteiger partial charge in [-0.3, -0.25) is 14.9 Å². The molecular formula is C11H3ClF6N2O4. The number of benzene rings is 1. The van der Waals surface area contributed by atoms with Gasteiger partial charge in [-0.25, -0.2) is 0 Å². The van der Waals surface area contributed by atoms with E-state index in [9.17, 15) is 46.4 Å². The second kappa shape index (κ2) is 5.26. The fraction of sp³-hybridized carbons (Fsp3) is 0.182. The first-order valence-corrected chi connectivity index (χ1v) is 6.04. The lowest BCUT2D eigenvalue weighted by atomic mass is 10.0. The smallest absolute Gasteiger partial charge is 0.418 e. The Morgan fingerprint density at radius 2 is 1.71 bits per heavy atom. The molecule has 0 unspecified atom stereocenters. The molecule has 13 heteroatoms. The normalized spacial score (nSPS) is 12.6. The number of rotatable bonds is 1. The lowest BCUT2D eigenvalue weighted by Gasteiger charge is -2.17. The highest BCUT2D eigenvalue weighted by Gasteiger charge is 2.44. The first-order chi connectivity index (χ1) is 10.8. The molecule has 0 aliphatic heterocycles. The summed E-state index contributed by atoms with van der Waals surface area (Å²) in [6, 6.07) is 0.0533. The molecule has 0 spiro atoms. The maximum atomic E-state index is 13.1. The molecule has 0 fully saturated rings. The van der Waals surface area contributed by atoms with E-state index in [4.69, 9.17) is 11.6 Å². The second-order valence-corrected chi connectivity index (χ2v) is 4.82. The van der Waals surface area contributed by atoms with Crippen molar-refractivity contribution in [2.75, 3.05) is 0 Å². The van der Waals surface area contributed by atoms with Gasteiger partial charge in [-0.1, -0.05) is 11.6 Å². The number of aromatic nitrogens is 1. The highest BCUT2D eigenvalue weighted by Crippen LogP contribution is 2.48. The summed E-state index contributed by atoms with van der Waals surface area (Å²) >= 11 is 5.19. The summed E-state index contributed by atoms with van der Waals surface area (Å²) in [5.41, 5.74) is -8.50. The van der Waals surface area contributed by atoms with Crippen LogP contribution in [0.25, 0.3) is 10.9 Å². The number of H-pyrrole nitrogens is 1. The molecule has 6 nitrogen and oxygen atoms in total. The van der Waals surface area contributed by atoms with E-state index in [1.807, 2.05) is 0 Å². The van der Waals surface area contributed by atoms with Crippen molar-refractivity contribution in [2.45, 2.75) is 12.4 Å². The Kier molecular flexibility index (Phi) is 3.91. The minimum Gasteiger partial charge on any atom is -0.501 e. The van der Waals surface area contributed by atoms with Crippen molar-refractivity contribution >= 4 is 28.2 Å². The van der Waals surface area contributed by atoms with Gasteiger partial charge in [0.25, 0.3) is 0 Å². The minimum atomic E-state index is -5.50. The van der Waals surface area contributed by atoms with Crippen LogP contribution in [-0.2, 0) is 12.4 Å². The van der Waals surface area contributed by atoms with Crippen LogP contribution in [-0.4, -0.2) is 15.0 Å². The predicted molar refractivity (Wildman–Crippen MR) is 67.9 cm³/mol. The van der Waals surface area contributed by atoms with E-state index in [1.54, 1.807) is 0 Å². The molecule has 130 valence electrons. The lowest BCUT2D eigenvalue weighted by molar-refractivity contribution is -0.387. The number of aromatic hydroxyl groups is 1. The van der Waals surface area contributed by atoms with Crippen molar-refractivity contribution in [3.8, 4) is 5.75 Å². The Hall–Kier alpha value is -2.50. The van der Waals surface area contributed by atoms with Crippen LogP contribution < -0.4 is 5.56 Å². The molecule has 24 heavy (non-hydrogen) atoms. The first-order valence-electron chi connectivity index (χ1n) is 5.67. The maximum absolute atomic E-state index is 13.1. The zero-order valence-electron chi connectivity index (χ0n) is 10.8. The Balaban J connectivity index is 3.17. The number of nitrogens with zero attached hydrogens (tertiary/aromatic N) is 1. The van der Waals surface area contributed by atoms with Crippen LogP contribution >= 0.6 is 11.6 Å². The van der Waals surface area contributed by atoms with Crippen molar-refractivity contribution in [2.24, 2.45) is 0 Å². The van der Waals surface area contributed by atoms with Gasteiger partial charge < -0.3 is 10.1 Å². The van der Waals surface area contributed by atoms with Gasteiger partial charge in [0.1, 0.15) is 0 Å². The van der Waals surface area contributed by atoms with Gasteiger partial charge in [-0.15, -0.1) is 0 Å². The van der Waals surface area contributed by atoms with Gasteiger partial charge >= 0.3 is 23.6 Å². The van der Waals surface area contributed by atoms with Crippen molar-refractivity contribution in [3.05, 3.63) is 42.7 Å². The summed E-state index contributed by atoms with van der Waals surface area (Å²) in [6.07, 6.45) is -10.8. The summed E-state index contributed by atoms with van der Waals surface area (Å²) in [7, 11) is 0. The first kappa shape index (κ1) is 17.8. The van der Waals surface area contributed by atoms with E-state index in [1.165, 1.54) is 4.98 Å². The van der Waals surface area contributed by atoms with Gasteiger partial charge in [0.05, 0.1) is 32.0 Å². The van der Waals surface area contributed by atoms with Gasteiger partial charge in [0, 0.05) is 0 Å².